The summed E-state index contributed by atoms with van der Waals surface area (Å²) in [6.45, 7) is 6.44. The van der Waals surface area contributed by atoms with E-state index in [4.69, 9.17) is 5.73 Å². The number of hydrogen-bond acceptors (Lipinski definition) is 4. The number of primary amides is 1. The van der Waals surface area contributed by atoms with Crippen molar-refractivity contribution in [3.63, 3.8) is 0 Å². The second kappa shape index (κ2) is 7.36. The molecule has 0 aliphatic rings. The molecule has 1 rings (SSSR count). The summed E-state index contributed by atoms with van der Waals surface area (Å²) in [5.74, 6) is 0.999. The summed E-state index contributed by atoms with van der Waals surface area (Å²) in [5.41, 5.74) is 6.46. The highest BCUT2D eigenvalue weighted by Crippen LogP contribution is 2.22. The normalized spacial score (nSPS) is 10.9. The molecule has 1 amide bonds. The molecule has 0 atom stereocenters. The standard InChI is InChI=1S/C13H21N3OS/c1-4-5-6-18-13-10(7-9(2)3)15-8-11(16-13)12(14)17/h8-9H,4-7H2,1-3H3,(H2,14,17). The van der Waals surface area contributed by atoms with Crippen LogP contribution < -0.4 is 5.73 Å². The van der Waals surface area contributed by atoms with E-state index in [0.29, 0.717) is 5.92 Å². The topological polar surface area (TPSA) is 68.9 Å². The molecule has 0 saturated heterocycles. The molecule has 0 unspecified atom stereocenters. The first-order valence-electron chi connectivity index (χ1n) is 6.33. The molecule has 0 spiro atoms. The third kappa shape index (κ3) is 4.64. The molecule has 5 heteroatoms. The lowest BCUT2D eigenvalue weighted by Crippen LogP contribution is -2.15. The van der Waals surface area contributed by atoms with E-state index in [1.807, 2.05) is 0 Å². The van der Waals surface area contributed by atoms with Crippen LogP contribution in [0, 0.1) is 5.92 Å². The van der Waals surface area contributed by atoms with Crippen LogP contribution in [0.2, 0.25) is 0 Å². The first kappa shape index (κ1) is 15.0. The van der Waals surface area contributed by atoms with Gasteiger partial charge in [0.15, 0.2) is 0 Å². The maximum atomic E-state index is 11.1. The number of carbonyl (C=O) groups excluding carboxylic acids is 1. The maximum absolute atomic E-state index is 11.1. The van der Waals surface area contributed by atoms with Gasteiger partial charge in [0.1, 0.15) is 10.7 Å². The largest absolute Gasteiger partial charge is 0.364 e. The zero-order valence-corrected chi connectivity index (χ0v) is 12.1. The van der Waals surface area contributed by atoms with E-state index < -0.39 is 5.91 Å². The fraction of sp³-hybridized carbons (Fsp3) is 0.615. The monoisotopic (exact) mass is 267 g/mol. The van der Waals surface area contributed by atoms with Crippen LogP contribution in [0.4, 0.5) is 0 Å². The Labute approximate surface area is 113 Å². The molecule has 1 aromatic rings. The van der Waals surface area contributed by atoms with E-state index in [2.05, 4.69) is 30.7 Å². The van der Waals surface area contributed by atoms with Gasteiger partial charge in [-0.1, -0.05) is 27.2 Å². The second-order valence-corrected chi connectivity index (χ2v) is 5.75. The van der Waals surface area contributed by atoms with E-state index >= 15 is 0 Å². The summed E-state index contributed by atoms with van der Waals surface area (Å²) in [4.78, 5) is 19.8. The molecule has 18 heavy (non-hydrogen) atoms. The summed E-state index contributed by atoms with van der Waals surface area (Å²) in [7, 11) is 0. The Morgan fingerprint density at radius 1 is 1.50 bits per heavy atom. The average Bonchev–Trinajstić information content (AvgIpc) is 2.30. The minimum atomic E-state index is -0.518. The van der Waals surface area contributed by atoms with Gasteiger partial charge in [0, 0.05) is 0 Å². The van der Waals surface area contributed by atoms with Crippen molar-refractivity contribution >= 4 is 17.7 Å². The van der Waals surface area contributed by atoms with Crippen molar-refractivity contribution in [1.82, 2.24) is 9.97 Å². The van der Waals surface area contributed by atoms with Crippen molar-refractivity contribution in [2.75, 3.05) is 5.75 Å². The van der Waals surface area contributed by atoms with Crippen molar-refractivity contribution in [3.8, 4) is 0 Å². The van der Waals surface area contributed by atoms with E-state index in [-0.39, 0.29) is 5.69 Å². The predicted octanol–water partition coefficient (Wildman–Crippen LogP) is 2.67. The number of aromatic nitrogens is 2. The van der Waals surface area contributed by atoms with Gasteiger partial charge < -0.3 is 5.73 Å². The molecule has 4 nitrogen and oxygen atoms in total. The Hall–Kier alpha value is -1.10. The highest BCUT2D eigenvalue weighted by Gasteiger charge is 2.12. The van der Waals surface area contributed by atoms with Crippen molar-refractivity contribution in [3.05, 3.63) is 17.6 Å². The van der Waals surface area contributed by atoms with Crippen LogP contribution in [-0.2, 0) is 6.42 Å². The summed E-state index contributed by atoms with van der Waals surface area (Å²) < 4.78 is 0. The van der Waals surface area contributed by atoms with Crippen LogP contribution in [0.1, 0.15) is 49.8 Å². The Kier molecular flexibility index (Phi) is 6.12. The van der Waals surface area contributed by atoms with Gasteiger partial charge in [-0.2, -0.15) is 0 Å². The van der Waals surface area contributed by atoms with E-state index in [9.17, 15) is 4.79 Å². The summed E-state index contributed by atoms with van der Waals surface area (Å²) in [5, 5.41) is 0.855. The molecule has 1 aromatic heterocycles. The Morgan fingerprint density at radius 3 is 2.78 bits per heavy atom. The van der Waals surface area contributed by atoms with E-state index in [1.165, 1.54) is 6.20 Å². The van der Waals surface area contributed by atoms with E-state index in [0.717, 1.165) is 35.7 Å². The fourth-order valence-corrected chi connectivity index (χ4v) is 2.56. The minimum Gasteiger partial charge on any atom is -0.364 e. The Balaban J connectivity index is 2.90. The number of amides is 1. The number of nitrogens with zero attached hydrogens (tertiary/aromatic N) is 2. The summed E-state index contributed by atoms with van der Waals surface area (Å²) in [6, 6.07) is 0. The van der Waals surface area contributed by atoms with Crippen LogP contribution in [0.5, 0.6) is 0 Å². The number of carbonyl (C=O) groups is 1. The number of nitrogens with two attached hydrogens (primary N) is 1. The quantitative estimate of drug-likeness (QED) is 0.609. The molecule has 100 valence electrons. The number of thioether (sulfide) groups is 1. The number of rotatable bonds is 7. The van der Waals surface area contributed by atoms with Crippen molar-refractivity contribution in [2.45, 2.75) is 45.1 Å². The van der Waals surface area contributed by atoms with Crippen LogP contribution >= 0.6 is 11.8 Å². The highest BCUT2D eigenvalue weighted by atomic mass is 32.2. The summed E-state index contributed by atoms with van der Waals surface area (Å²) in [6.07, 6.45) is 4.63. The highest BCUT2D eigenvalue weighted by molar-refractivity contribution is 7.99. The van der Waals surface area contributed by atoms with Crippen LogP contribution in [0.25, 0.3) is 0 Å². The molecule has 2 N–H and O–H groups in total. The summed E-state index contributed by atoms with van der Waals surface area (Å²) >= 11 is 1.66. The first-order chi connectivity index (χ1) is 8.54. The molecule has 0 aromatic carbocycles. The Morgan fingerprint density at radius 2 is 2.22 bits per heavy atom. The van der Waals surface area contributed by atoms with Gasteiger partial charge in [0.05, 0.1) is 11.9 Å². The van der Waals surface area contributed by atoms with Gasteiger partial charge in [-0.05, 0) is 24.5 Å². The Bertz CT molecular complexity index is 407. The SMILES string of the molecule is CCCCSc1nc(C(N)=O)cnc1CC(C)C. The van der Waals surface area contributed by atoms with Crippen LogP contribution in [-0.4, -0.2) is 21.6 Å². The second-order valence-electron chi connectivity index (χ2n) is 4.67. The maximum Gasteiger partial charge on any atom is 0.268 e. The number of hydrogen-bond donors (Lipinski definition) is 1. The predicted molar refractivity (Wildman–Crippen MR) is 74.7 cm³/mol. The molecular weight excluding hydrogens is 246 g/mol. The van der Waals surface area contributed by atoms with Gasteiger partial charge in [0.25, 0.3) is 5.91 Å². The third-order valence-electron chi connectivity index (χ3n) is 2.40. The van der Waals surface area contributed by atoms with Gasteiger partial charge in [-0.3, -0.25) is 9.78 Å². The van der Waals surface area contributed by atoms with Gasteiger partial charge in [-0.15, -0.1) is 11.8 Å². The van der Waals surface area contributed by atoms with Crippen molar-refractivity contribution in [2.24, 2.45) is 11.7 Å². The lowest BCUT2D eigenvalue weighted by Gasteiger charge is -2.10. The van der Waals surface area contributed by atoms with Gasteiger partial charge >= 0.3 is 0 Å². The zero-order valence-electron chi connectivity index (χ0n) is 11.3. The van der Waals surface area contributed by atoms with Crippen LogP contribution in [0.15, 0.2) is 11.2 Å². The molecule has 0 aliphatic heterocycles. The molecule has 0 aliphatic carbocycles. The van der Waals surface area contributed by atoms with Crippen molar-refractivity contribution in [1.29, 1.82) is 0 Å². The first-order valence-corrected chi connectivity index (χ1v) is 7.31. The molecule has 0 bridgehead atoms. The molecule has 0 fully saturated rings. The van der Waals surface area contributed by atoms with Gasteiger partial charge in [0.2, 0.25) is 0 Å². The van der Waals surface area contributed by atoms with Crippen LogP contribution in [0.3, 0.4) is 0 Å². The third-order valence-corrected chi connectivity index (χ3v) is 3.50. The minimum absolute atomic E-state index is 0.251. The lowest BCUT2D eigenvalue weighted by atomic mass is 10.1. The fourth-order valence-electron chi connectivity index (χ4n) is 1.47. The van der Waals surface area contributed by atoms with E-state index in [1.54, 1.807) is 11.8 Å². The molecular formula is C13H21N3OS. The molecule has 0 radical (unpaired) electrons. The molecule has 0 saturated carbocycles. The van der Waals surface area contributed by atoms with Crippen molar-refractivity contribution < 1.29 is 4.79 Å². The average molecular weight is 267 g/mol. The smallest absolute Gasteiger partial charge is 0.268 e. The lowest BCUT2D eigenvalue weighted by molar-refractivity contribution is 0.0994. The molecule has 1 heterocycles. The zero-order chi connectivity index (χ0) is 13.5. The number of unbranched alkanes of at least 4 members (excludes halogenated alkanes) is 1. The van der Waals surface area contributed by atoms with Gasteiger partial charge in [-0.25, -0.2) is 4.98 Å².